The Balaban J connectivity index is 2.19. The molecule has 0 heterocycles. The van der Waals surface area contributed by atoms with E-state index in [-0.39, 0.29) is 5.91 Å². The van der Waals surface area contributed by atoms with Crippen molar-refractivity contribution in [3.8, 4) is 0 Å². The maximum atomic E-state index is 11.5. The lowest BCUT2D eigenvalue weighted by atomic mass is 10.0. The maximum absolute atomic E-state index is 11.5. The SMILES string of the molecule is CCOCCC(=O)NC1CCCC1CN. The van der Waals surface area contributed by atoms with Crippen molar-refractivity contribution in [3.05, 3.63) is 0 Å². The van der Waals surface area contributed by atoms with Crippen LogP contribution in [-0.2, 0) is 9.53 Å². The summed E-state index contributed by atoms with van der Waals surface area (Å²) in [5.41, 5.74) is 5.65. The third-order valence-electron chi connectivity index (χ3n) is 2.99. The summed E-state index contributed by atoms with van der Waals surface area (Å²) in [4.78, 5) is 11.5. The monoisotopic (exact) mass is 214 g/mol. The van der Waals surface area contributed by atoms with Crippen LogP contribution in [0.2, 0.25) is 0 Å². The number of hydrogen-bond acceptors (Lipinski definition) is 3. The Kier molecular flexibility index (Phi) is 5.65. The molecule has 1 amide bonds. The summed E-state index contributed by atoms with van der Waals surface area (Å²) in [6, 6.07) is 0.295. The summed E-state index contributed by atoms with van der Waals surface area (Å²) in [5, 5.41) is 3.04. The first-order valence-corrected chi connectivity index (χ1v) is 5.85. The van der Waals surface area contributed by atoms with Gasteiger partial charge in [-0.15, -0.1) is 0 Å². The lowest BCUT2D eigenvalue weighted by Gasteiger charge is -2.19. The van der Waals surface area contributed by atoms with E-state index in [0.29, 0.717) is 38.1 Å². The molecule has 1 aliphatic carbocycles. The molecule has 0 aromatic rings. The van der Waals surface area contributed by atoms with Gasteiger partial charge in [-0.2, -0.15) is 0 Å². The van der Waals surface area contributed by atoms with Crippen LogP contribution < -0.4 is 11.1 Å². The second-order valence-electron chi connectivity index (χ2n) is 4.05. The van der Waals surface area contributed by atoms with E-state index in [1.807, 2.05) is 6.92 Å². The lowest BCUT2D eigenvalue weighted by molar-refractivity contribution is -0.123. The fourth-order valence-corrected chi connectivity index (χ4v) is 2.10. The second-order valence-corrected chi connectivity index (χ2v) is 4.05. The Labute approximate surface area is 91.5 Å². The summed E-state index contributed by atoms with van der Waals surface area (Å²) in [6.07, 6.45) is 3.86. The van der Waals surface area contributed by atoms with Crippen LogP contribution in [0.1, 0.15) is 32.6 Å². The Hall–Kier alpha value is -0.610. The molecular weight excluding hydrogens is 192 g/mol. The van der Waals surface area contributed by atoms with Crippen molar-refractivity contribution in [1.29, 1.82) is 0 Å². The standard InChI is InChI=1S/C11H22N2O2/c1-2-15-7-6-11(14)13-10-5-3-4-9(10)8-12/h9-10H,2-8,12H2,1H3,(H,13,14). The molecule has 2 atom stereocenters. The van der Waals surface area contributed by atoms with E-state index in [1.165, 1.54) is 6.42 Å². The third-order valence-corrected chi connectivity index (χ3v) is 2.99. The number of ether oxygens (including phenoxy) is 1. The molecule has 2 unspecified atom stereocenters. The summed E-state index contributed by atoms with van der Waals surface area (Å²) >= 11 is 0. The van der Waals surface area contributed by atoms with E-state index in [2.05, 4.69) is 5.32 Å². The Morgan fingerprint density at radius 1 is 1.53 bits per heavy atom. The minimum Gasteiger partial charge on any atom is -0.381 e. The molecule has 0 aromatic carbocycles. The van der Waals surface area contributed by atoms with Crippen molar-refractivity contribution in [2.24, 2.45) is 11.7 Å². The molecule has 0 aliphatic heterocycles. The van der Waals surface area contributed by atoms with Gasteiger partial charge in [0.1, 0.15) is 0 Å². The van der Waals surface area contributed by atoms with Gasteiger partial charge in [-0.25, -0.2) is 0 Å². The first kappa shape index (κ1) is 12.5. The predicted octanol–water partition coefficient (Wildman–Crippen LogP) is 0.657. The topological polar surface area (TPSA) is 64.3 Å². The van der Waals surface area contributed by atoms with E-state index >= 15 is 0 Å². The predicted molar refractivity (Wildman–Crippen MR) is 59.4 cm³/mol. The van der Waals surface area contributed by atoms with Crippen molar-refractivity contribution in [2.75, 3.05) is 19.8 Å². The zero-order valence-corrected chi connectivity index (χ0v) is 9.50. The van der Waals surface area contributed by atoms with E-state index in [4.69, 9.17) is 10.5 Å². The average molecular weight is 214 g/mol. The van der Waals surface area contributed by atoms with Crippen LogP contribution >= 0.6 is 0 Å². The van der Waals surface area contributed by atoms with E-state index in [0.717, 1.165) is 12.8 Å². The largest absolute Gasteiger partial charge is 0.381 e. The van der Waals surface area contributed by atoms with Crippen LogP contribution in [0.5, 0.6) is 0 Å². The molecule has 0 radical (unpaired) electrons. The van der Waals surface area contributed by atoms with Crippen molar-refractivity contribution >= 4 is 5.91 Å². The smallest absolute Gasteiger partial charge is 0.222 e. The number of rotatable bonds is 6. The van der Waals surface area contributed by atoms with Crippen LogP contribution in [0.4, 0.5) is 0 Å². The molecule has 0 aromatic heterocycles. The van der Waals surface area contributed by atoms with Gasteiger partial charge < -0.3 is 15.8 Å². The van der Waals surface area contributed by atoms with Gasteiger partial charge in [0.15, 0.2) is 0 Å². The highest BCUT2D eigenvalue weighted by Gasteiger charge is 2.26. The van der Waals surface area contributed by atoms with Crippen molar-refractivity contribution in [3.63, 3.8) is 0 Å². The number of carbonyl (C=O) groups excluding carboxylic acids is 1. The first-order chi connectivity index (χ1) is 7.27. The lowest BCUT2D eigenvalue weighted by Crippen LogP contribution is -2.40. The fraction of sp³-hybridized carbons (Fsp3) is 0.909. The van der Waals surface area contributed by atoms with Crippen molar-refractivity contribution < 1.29 is 9.53 Å². The quantitative estimate of drug-likeness (QED) is 0.638. The number of nitrogens with two attached hydrogens (primary N) is 1. The fourth-order valence-electron chi connectivity index (χ4n) is 2.10. The Bertz CT molecular complexity index is 197. The Morgan fingerprint density at radius 3 is 3.00 bits per heavy atom. The van der Waals surface area contributed by atoms with Crippen LogP contribution in [0.25, 0.3) is 0 Å². The maximum Gasteiger partial charge on any atom is 0.222 e. The Morgan fingerprint density at radius 2 is 2.33 bits per heavy atom. The van der Waals surface area contributed by atoms with Gasteiger partial charge in [0, 0.05) is 19.1 Å². The third kappa shape index (κ3) is 4.18. The molecule has 15 heavy (non-hydrogen) atoms. The molecule has 88 valence electrons. The minimum absolute atomic E-state index is 0.0915. The van der Waals surface area contributed by atoms with E-state index in [1.54, 1.807) is 0 Å². The first-order valence-electron chi connectivity index (χ1n) is 5.85. The molecule has 1 fully saturated rings. The summed E-state index contributed by atoms with van der Waals surface area (Å²) in [5.74, 6) is 0.565. The zero-order valence-electron chi connectivity index (χ0n) is 9.50. The number of carbonyl (C=O) groups is 1. The highest BCUT2D eigenvalue weighted by molar-refractivity contribution is 5.76. The summed E-state index contributed by atoms with van der Waals surface area (Å²) < 4.78 is 5.14. The van der Waals surface area contributed by atoms with Gasteiger partial charge in [0.2, 0.25) is 5.91 Å². The molecule has 0 spiro atoms. The molecule has 1 rings (SSSR count). The van der Waals surface area contributed by atoms with Crippen LogP contribution in [0, 0.1) is 5.92 Å². The molecule has 3 N–H and O–H groups in total. The molecule has 4 heteroatoms. The van der Waals surface area contributed by atoms with Crippen LogP contribution in [0.3, 0.4) is 0 Å². The van der Waals surface area contributed by atoms with Crippen molar-refractivity contribution in [1.82, 2.24) is 5.32 Å². The zero-order chi connectivity index (χ0) is 11.1. The number of hydrogen-bond donors (Lipinski definition) is 2. The minimum atomic E-state index is 0.0915. The molecular formula is C11H22N2O2. The van der Waals surface area contributed by atoms with Gasteiger partial charge >= 0.3 is 0 Å². The van der Waals surface area contributed by atoms with Gasteiger partial charge in [0.25, 0.3) is 0 Å². The highest BCUT2D eigenvalue weighted by Crippen LogP contribution is 2.24. The highest BCUT2D eigenvalue weighted by atomic mass is 16.5. The summed E-state index contributed by atoms with van der Waals surface area (Å²) in [6.45, 7) is 3.79. The van der Waals surface area contributed by atoms with Crippen LogP contribution in [-0.4, -0.2) is 31.7 Å². The summed E-state index contributed by atoms with van der Waals surface area (Å²) in [7, 11) is 0. The van der Waals surface area contributed by atoms with Gasteiger partial charge in [-0.1, -0.05) is 6.42 Å². The van der Waals surface area contributed by atoms with E-state index in [9.17, 15) is 4.79 Å². The van der Waals surface area contributed by atoms with E-state index < -0.39 is 0 Å². The number of amides is 1. The second kappa shape index (κ2) is 6.80. The van der Waals surface area contributed by atoms with Gasteiger partial charge in [0.05, 0.1) is 6.61 Å². The molecule has 0 bridgehead atoms. The normalized spacial score (nSPS) is 25.5. The molecule has 0 saturated heterocycles. The van der Waals surface area contributed by atoms with Crippen LogP contribution in [0.15, 0.2) is 0 Å². The average Bonchev–Trinajstić information content (AvgIpc) is 2.65. The molecule has 1 saturated carbocycles. The van der Waals surface area contributed by atoms with Gasteiger partial charge in [-0.05, 0) is 32.2 Å². The molecule has 4 nitrogen and oxygen atoms in total. The van der Waals surface area contributed by atoms with Crippen molar-refractivity contribution in [2.45, 2.75) is 38.6 Å². The van der Waals surface area contributed by atoms with Gasteiger partial charge in [-0.3, -0.25) is 4.79 Å². The number of nitrogens with one attached hydrogen (secondary N) is 1. The molecule has 1 aliphatic rings.